The van der Waals surface area contributed by atoms with E-state index in [9.17, 15) is 27.7 Å². The molecule has 0 aliphatic carbocycles. The molecule has 1 heterocycles. The lowest BCUT2D eigenvalue weighted by molar-refractivity contribution is -0.385. The summed E-state index contributed by atoms with van der Waals surface area (Å²) in [5.41, 5.74) is -1.19. The summed E-state index contributed by atoms with van der Waals surface area (Å²) in [7, 11) is 1.41. The van der Waals surface area contributed by atoms with E-state index in [1.165, 1.54) is 19.2 Å². The fourth-order valence-corrected chi connectivity index (χ4v) is 3.56. The van der Waals surface area contributed by atoms with Gasteiger partial charge in [-0.1, -0.05) is 0 Å². The van der Waals surface area contributed by atoms with Crippen LogP contribution in [0.5, 0.6) is 5.75 Å². The van der Waals surface area contributed by atoms with E-state index in [0.29, 0.717) is 17.9 Å². The van der Waals surface area contributed by atoms with Crippen LogP contribution in [0.25, 0.3) is 0 Å². The van der Waals surface area contributed by atoms with Crippen molar-refractivity contribution in [1.82, 2.24) is 4.90 Å². The molecule has 30 heavy (non-hydrogen) atoms. The average Bonchev–Trinajstić information content (AvgIpc) is 2.95. The van der Waals surface area contributed by atoms with Crippen LogP contribution < -0.4 is 9.64 Å². The fraction of sp³-hybridized carbons (Fsp3) is 0.400. The van der Waals surface area contributed by atoms with E-state index in [-0.39, 0.29) is 24.6 Å². The minimum Gasteiger partial charge on any atom is -0.497 e. The van der Waals surface area contributed by atoms with Crippen LogP contribution in [0.2, 0.25) is 0 Å². The van der Waals surface area contributed by atoms with Crippen LogP contribution in [0.3, 0.4) is 0 Å². The minimum absolute atomic E-state index is 0.0928. The summed E-state index contributed by atoms with van der Waals surface area (Å²) < 4.78 is 57.9. The Kier molecular flexibility index (Phi) is 5.64. The molecule has 3 rings (SSSR count). The molecule has 162 valence electrons. The van der Waals surface area contributed by atoms with Gasteiger partial charge in [-0.3, -0.25) is 15.0 Å². The number of alkyl halides is 3. The highest BCUT2D eigenvalue weighted by molar-refractivity contribution is 5.51. The Morgan fingerprint density at radius 2 is 1.90 bits per heavy atom. The first-order chi connectivity index (χ1) is 13.9. The number of hydrogen-bond acceptors (Lipinski definition) is 5. The number of nitrogens with zero attached hydrogens (tertiary/aromatic N) is 3. The largest absolute Gasteiger partial charge is 0.497 e. The number of halogens is 4. The molecule has 0 spiro atoms. The molecule has 0 amide bonds. The molecule has 2 aromatic carbocycles. The summed E-state index contributed by atoms with van der Waals surface area (Å²) in [5, 5.41) is 11.5. The highest BCUT2D eigenvalue weighted by Crippen LogP contribution is 2.37. The Bertz CT molecular complexity index is 963. The van der Waals surface area contributed by atoms with Crippen LogP contribution in [0, 0.1) is 15.9 Å². The number of ether oxygens (including phenoxy) is 1. The molecule has 0 atom stereocenters. The smallest absolute Gasteiger partial charge is 0.419 e. The number of nitro benzene ring substituents is 1. The van der Waals surface area contributed by atoms with E-state index in [2.05, 4.69) is 0 Å². The highest BCUT2D eigenvalue weighted by atomic mass is 19.4. The zero-order valence-electron chi connectivity index (χ0n) is 16.7. The topological polar surface area (TPSA) is 58.8 Å². The second-order valence-corrected chi connectivity index (χ2v) is 7.76. The Hall–Kier alpha value is -2.88. The number of nitro groups is 1. The Balaban J connectivity index is 1.88. The number of rotatable bonds is 5. The number of benzene rings is 2. The van der Waals surface area contributed by atoms with E-state index in [1.54, 1.807) is 17.0 Å². The van der Waals surface area contributed by atoms with Gasteiger partial charge in [0.05, 0.1) is 30.3 Å². The molecule has 0 unspecified atom stereocenters. The van der Waals surface area contributed by atoms with Crippen molar-refractivity contribution >= 4 is 11.4 Å². The van der Waals surface area contributed by atoms with Crippen LogP contribution in [0.1, 0.15) is 25.0 Å². The molecule has 1 aliphatic heterocycles. The van der Waals surface area contributed by atoms with Crippen molar-refractivity contribution in [2.45, 2.75) is 32.1 Å². The predicted molar refractivity (Wildman–Crippen MR) is 103 cm³/mol. The third-order valence-corrected chi connectivity index (χ3v) is 5.25. The maximum Gasteiger partial charge on any atom is 0.419 e. The molecule has 0 saturated carbocycles. The summed E-state index contributed by atoms with van der Waals surface area (Å²) in [4.78, 5) is 14.6. The van der Waals surface area contributed by atoms with Crippen LogP contribution in [-0.2, 0) is 12.7 Å². The summed E-state index contributed by atoms with van der Waals surface area (Å²) >= 11 is 0. The zero-order valence-corrected chi connectivity index (χ0v) is 16.7. The molecule has 1 fully saturated rings. The van der Waals surface area contributed by atoms with Gasteiger partial charge in [-0.2, -0.15) is 13.2 Å². The second kappa shape index (κ2) is 7.75. The van der Waals surface area contributed by atoms with Gasteiger partial charge in [0.15, 0.2) is 0 Å². The summed E-state index contributed by atoms with van der Waals surface area (Å²) in [5.74, 6) is -0.964. The van der Waals surface area contributed by atoms with Crippen LogP contribution in [0.4, 0.5) is 28.9 Å². The lowest BCUT2D eigenvalue weighted by Gasteiger charge is -2.29. The lowest BCUT2D eigenvalue weighted by atomic mass is 10.0. The van der Waals surface area contributed by atoms with Crippen molar-refractivity contribution in [3.63, 3.8) is 0 Å². The molecule has 1 aliphatic rings. The molecule has 2 aromatic rings. The van der Waals surface area contributed by atoms with Gasteiger partial charge in [0, 0.05) is 29.9 Å². The van der Waals surface area contributed by atoms with Gasteiger partial charge in [0.2, 0.25) is 0 Å². The molecule has 1 saturated heterocycles. The van der Waals surface area contributed by atoms with Gasteiger partial charge in [-0.05, 0) is 44.2 Å². The van der Waals surface area contributed by atoms with E-state index in [1.807, 2.05) is 18.7 Å². The van der Waals surface area contributed by atoms with Gasteiger partial charge < -0.3 is 9.64 Å². The fourth-order valence-electron chi connectivity index (χ4n) is 3.56. The summed E-state index contributed by atoms with van der Waals surface area (Å²) in [6, 6.07) is 7.48. The van der Waals surface area contributed by atoms with Gasteiger partial charge in [-0.25, -0.2) is 4.39 Å². The maximum atomic E-state index is 13.6. The predicted octanol–water partition coefficient (Wildman–Crippen LogP) is 4.82. The quantitative estimate of drug-likeness (QED) is 0.389. The maximum absolute atomic E-state index is 13.6. The van der Waals surface area contributed by atoms with E-state index in [4.69, 9.17) is 4.74 Å². The molecule has 0 bridgehead atoms. The third kappa shape index (κ3) is 4.33. The monoisotopic (exact) mass is 427 g/mol. The van der Waals surface area contributed by atoms with E-state index in [0.717, 1.165) is 12.1 Å². The second-order valence-electron chi connectivity index (χ2n) is 7.76. The standard InChI is InChI=1S/C20H21F4N3O3/c1-19(2)11-25(14-5-7-17(21)16(8-14)20(22,23)24)12-26(19)10-13-4-6-15(30-3)9-18(13)27(28)29/h4-9H,10-12H2,1-3H3. The Morgan fingerprint density at radius 3 is 2.50 bits per heavy atom. The molecule has 0 N–H and O–H groups in total. The summed E-state index contributed by atoms with van der Waals surface area (Å²) in [6.07, 6.45) is -4.79. The first kappa shape index (κ1) is 21.8. The van der Waals surface area contributed by atoms with Gasteiger partial charge >= 0.3 is 6.18 Å². The first-order valence-corrected chi connectivity index (χ1v) is 9.10. The van der Waals surface area contributed by atoms with Crippen molar-refractivity contribution in [2.24, 2.45) is 0 Å². The van der Waals surface area contributed by atoms with E-state index >= 15 is 0 Å². The van der Waals surface area contributed by atoms with E-state index < -0.39 is 28.0 Å². The minimum atomic E-state index is -4.79. The van der Waals surface area contributed by atoms with Gasteiger partial charge in [-0.15, -0.1) is 0 Å². The molecule has 10 heteroatoms. The SMILES string of the molecule is COc1ccc(CN2CN(c3ccc(F)c(C(F)(F)F)c3)CC2(C)C)c([N+](=O)[O-])c1. The molecular formula is C20H21F4N3O3. The third-order valence-electron chi connectivity index (χ3n) is 5.25. The van der Waals surface area contributed by atoms with Crippen molar-refractivity contribution in [1.29, 1.82) is 0 Å². The number of hydrogen-bond donors (Lipinski definition) is 0. The van der Waals surface area contributed by atoms with Gasteiger partial charge in [0.25, 0.3) is 5.69 Å². The van der Waals surface area contributed by atoms with Crippen molar-refractivity contribution in [2.75, 3.05) is 25.2 Å². The highest BCUT2D eigenvalue weighted by Gasteiger charge is 2.40. The summed E-state index contributed by atoms with van der Waals surface area (Å²) in [6.45, 7) is 4.63. The Labute approximate surface area is 170 Å². The van der Waals surface area contributed by atoms with Crippen molar-refractivity contribution < 1.29 is 27.2 Å². The average molecular weight is 427 g/mol. The molecule has 0 aromatic heterocycles. The first-order valence-electron chi connectivity index (χ1n) is 9.10. The normalized spacial score (nSPS) is 16.7. The molecule has 6 nitrogen and oxygen atoms in total. The van der Waals surface area contributed by atoms with Crippen LogP contribution >= 0.6 is 0 Å². The molecular weight excluding hydrogens is 406 g/mol. The lowest BCUT2D eigenvalue weighted by Crippen LogP contribution is -2.39. The Morgan fingerprint density at radius 1 is 1.20 bits per heavy atom. The van der Waals surface area contributed by atoms with Crippen LogP contribution in [-0.4, -0.2) is 35.7 Å². The van der Waals surface area contributed by atoms with Crippen LogP contribution in [0.15, 0.2) is 36.4 Å². The van der Waals surface area contributed by atoms with Gasteiger partial charge in [0.1, 0.15) is 11.6 Å². The number of methoxy groups -OCH3 is 1. The number of anilines is 1. The molecule has 0 radical (unpaired) electrons. The van der Waals surface area contributed by atoms with Crippen molar-refractivity contribution in [3.8, 4) is 5.75 Å². The zero-order chi connectivity index (χ0) is 22.3. The van der Waals surface area contributed by atoms with Crippen molar-refractivity contribution in [3.05, 3.63) is 63.5 Å².